The van der Waals surface area contributed by atoms with Crippen LogP contribution >= 0.6 is 0 Å². The Balaban J connectivity index is 1.57. The third-order valence-electron chi connectivity index (χ3n) is 3.89. The van der Waals surface area contributed by atoms with E-state index in [1.807, 2.05) is 18.2 Å². The van der Waals surface area contributed by atoms with Crippen LogP contribution in [0.3, 0.4) is 0 Å². The lowest BCUT2D eigenvalue weighted by Gasteiger charge is -2.02. The van der Waals surface area contributed by atoms with Crippen molar-refractivity contribution in [3.05, 3.63) is 41.5 Å². The van der Waals surface area contributed by atoms with E-state index in [1.165, 1.54) is 5.56 Å². The lowest BCUT2D eigenvalue weighted by molar-refractivity contribution is 0.506. The van der Waals surface area contributed by atoms with Gasteiger partial charge in [-0.05, 0) is 18.9 Å². The second kappa shape index (κ2) is 4.91. The van der Waals surface area contributed by atoms with Gasteiger partial charge in [0.05, 0.1) is 0 Å². The highest BCUT2D eigenvalue weighted by Gasteiger charge is 2.29. The largest absolute Gasteiger partial charge is 0.461 e. The molecule has 5 heteroatoms. The van der Waals surface area contributed by atoms with E-state index in [0.717, 1.165) is 41.9 Å². The van der Waals surface area contributed by atoms with Crippen molar-refractivity contribution in [2.45, 2.75) is 38.6 Å². The lowest BCUT2D eigenvalue weighted by atomic mass is 10.1. The Morgan fingerprint density at radius 3 is 2.86 bits per heavy atom. The van der Waals surface area contributed by atoms with Crippen molar-refractivity contribution in [2.24, 2.45) is 0 Å². The molecule has 21 heavy (non-hydrogen) atoms. The Hall–Kier alpha value is -2.30. The molecule has 108 valence electrons. The highest BCUT2D eigenvalue weighted by atomic mass is 16.4. The molecule has 1 saturated carbocycles. The van der Waals surface area contributed by atoms with Crippen molar-refractivity contribution in [1.29, 1.82) is 0 Å². The first-order chi connectivity index (χ1) is 10.3. The molecule has 0 spiro atoms. The molecule has 0 radical (unpaired) electrons. The number of aryl methyl sites for hydroxylation is 1. The van der Waals surface area contributed by atoms with Crippen LogP contribution in [0.5, 0.6) is 0 Å². The third kappa shape index (κ3) is 2.28. The van der Waals surface area contributed by atoms with Crippen LogP contribution < -0.4 is 5.32 Å². The van der Waals surface area contributed by atoms with E-state index in [0.29, 0.717) is 18.5 Å². The van der Waals surface area contributed by atoms with Crippen LogP contribution in [0.4, 0.5) is 6.01 Å². The molecule has 0 bridgehead atoms. The van der Waals surface area contributed by atoms with Crippen molar-refractivity contribution in [3.8, 4) is 0 Å². The monoisotopic (exact) mass is 283 g/mol. The van der Waals surface area contributed by atoms with Gasteiger partial charge in [0.15, 0.2) is 0 Å². The predicted octanol–water partition coefficient (Wildman–Crippen LogP) is 3.87. The number of rotatable bonds is 5. The van der Waals surface area contributed by atoms with Gasteiger partial charge in [-0.1, -0.05) is 30.2 Å². The highest BCUT2D eigenvalue weighted by molar-refractivity contribution is 5.82. The van der Waals surface area contributed by atoms with E-state index in [-0.39, 0.29) is 0 Å². The zero-order valence-electron chi connectivity index (χ0n) is 11.9. The van der Waals surface area contributed by atoms with Crippen LogP contribution in [-0.4, -0.2) is 10.2 Å². The molecule has 0 saturated heterocycles. The molecular formula is C16H17N3O2. The lowest BCUT2D eigenvalue weighted by Crippen LogP contribution is -2.01. The first-order valence-electron chi connectivity index (χ1n) is 7.41. The number of fused-ring (bicyclic) bond motifs is 1. The first-order valence-corrected chi connectivity index (χ1v) is 7.41. The van der Waals surface area contributed by atoms with Crippen LogP contribution in [0.25, 0.3) is 11.0 Å². The maximum atomic E-state index is 5.88. The smallest absolute Gasteiger partial charge is 0.315 e. The SMILES string of the molecule is CCc1oc2ccccc2c1CNc1nnc(C2CC2)o1. The summed E-state index contributed by atoms with van der Waals surface area (Å²) in [6.45, 7) is 2.73. The van der Waals surface area contributed by atoms with Crippen LogP contribution in [0.1, 0.15) is 42.9 Å². The van der Waals surface area contributed by atoms with E-state index in [1.54, 1.807) is 0 Å². The molecule has 1 aromatic carbocycles. The summed E-state index contributed by atoms with van der Waals surface area (Å²) < 4.78 is 11.5. The van der Waals surface area contributed by atoms with Gasteiger partial charge in [0.25, 0.3) is 0 Å². The Morgan fingerprint density at radius 2 is 2.05 bits per heavy atom. The van der Waals surface area contributed by atoms with Gasteiger partial charge in [0.2, 0.25) is 5.89 Å². The van der Waals surface area contributed by atoms with Gasteiger partial charge in [0, 0.05) is 29.8 Å². The maximum Gasteiger partial charge on any atom is 0.315 e. The van der Waals surface area contributed by atoms with Crippen LogP contribution in [0, 0.1) is 0 Å². The summed E-state index contributed by atoms with van der Waals surface area (Å²) in [4.78, 5) is 0. The summed E-state index contributed by atoms with van der Waals surface area (Å²) in [5.41, 5.74) is 2.09. The number of furan rings is 1. The topological polar surface area (TPSA) is 64.1 Å². The summed E-state index contributed by atoms with van der Waals surface area (Å²) in [7, 11) is 0. The summed E-state index contributed by atoms with van der Waals surface area (Å²) >= 11 is 0. The van der Waals surface area contributed by atoms with Crippen molar-refractivity contribution >= 4 is 17.0 Å². The summed E-state index contributed by atoms with van der Waals surface area (Å²) in [5, 5.41) is 12.5. The molecule has 0 atom stereocenters. The second-order valence-electron chi connectivity index (χ2n) is 5.43. The fourth-order valence-electron chi connectivity index (χ4n) is 2.59. The van der Waals surface area contributed by atoms with Gasteiger partial charge in [-0.25, -0.2) is 0 Å². The number of aromatic nitrogens is 2. The second-order valence-corrected chi connectivity index (χ2v) is 5.43. The molecular weight excluding hydrogens is 266 g/mol. The number of hydrogen-bond acceptors (Lipinski definition) is 5. The summed E-state index contributed by atoms with van der Waals surface area (Å²) in [6, 6.07) is 8.58. The van der Waals surface area contributed by atoms with Gasteiger partial charge >= 0.3 is 6.01 Å². The van der Waals surface area contributed by atoms with Crippen molar-refractivity contribution < 1.29 is 8.83 Å². The van der Waals surface area contributed by atoms with E-state index in [2.05, 4.69) is 28.5 Å². The molecule has 1 fully saturated rings. The standard InChI is InChI=1S/C16H17N3O2/c1-2-13-12(11-5-3-4-6-14(11)20-13)9-17-16-19-18-15(21-16)10-7-8-10/h3-6,10H,2,7-9H2,1H3,(H,17,19). The average molecular weight is 283 g/mol. The van der Waals surface area contributed by atoms with Crippen molar-refractivity contribution in [2.75, 3.05) is 5.32 Å². The van der Waals surface area contributed by atoms with Gasteiger partial charge in [-0.3, -0.25) is 0 Å². The number of nitrogens with one attached hydrogen (secondary N) is 1. The molecule has 1 N–H and O–H groups in total. The van der Waals surface area contributed by atoms with E-state index in [9.17, 15) is 0 Å². The van der Waals surface area contributed by atoms with Crippen LogP contribution in [0.2, 0.25) is 0 Å². The Labute approximate surface area is 122 Å². The molecule has 0 unspecified atom stereocenters. The van der Waals surface area contributed by atoms with E-state index >= 15 is 0 Å². The normalized spacial score (nSPS) is 14.7. The fraction of sp³-hybridized carbons (Fsp3) is 0.375. The fourth-order valence-corrected chi connectivity index (χ4v) is 2.59. The van der Waals surface area contributed by atoms with Gasteiger partial charge < -0.3 is 14.2 Å². The quantitative estimate of drug-likeness (QED) is 0.770. The molecule has 2 aromatic heterocycles. The molecule has 3 aromatic rings. The minimum absolute atomic E-state index is 0.481. The van der Waals surface area contributed by atoms with E-state index < -0.39 is 0 Å². The molecule has 5 nitrogen and oxygen atoms in total. The Morgan fingerprint density at radius 1 is 1.19 bits per heavy atom. The highest BCUT2D eigenvalue weighted by Crippen LogP contribution is 2.39. The number of benzene rings is 1. The van der Waals surface area contributed by atoms with Gasteiger partial charge in [-0.15, -0.1) is 5.10 Å². The number of para-hydroxylation sites is 1. The summed E-state index contributed by atoms with van der Waals surface area (Å²) in [5.74, 6) is 2.24. The zero-order chi connectivity index (χ0) is 14.2. The molecule has 1 aliphatic rings. The molecule has 1 aliphatic carbocycles. The Bertz CT molecular complexity index is 771. The van der Waals surface area contributed by atoms with E-state index in [4.69, 9.17) is 8.83 Å². The predicted molar refractivity (Wildman–Crippen MR) is 79.2 cm³/mol. The van der Waals surface area contributed by atoms with Crippen LogP contribution in [-0.2, 0) is 13.0 Å². The van der Waals surface area contributed by atoms with Crippen molar-refractivity contribution in [3.63, 3.8) is 0 Å². The Kier molecular flexibility index (Phi) is 2.91. The van der Waals surface area contributed by atoms with Gasteiger partial charge in [-0.2, -0.15) is 0 Å². The van der Waals surface area contributed by atoms with Gasteiger partial charge in [0.1, 0.15) is 11.3 Å². The number of hydrogen-bond donors (Lipinski definition) is 1. The molecule has 4 rings (SSSR count). The first kappa shape index (κ1) is 12.4. The molecule has 0 amide bonds. The summed E-state index contributed by atoms with van der Waals surface area (Å²) in [6.07, 6.45) is 3.19. The molecule has 0 aliphatic heterocycles. The van der Waals surface area contributed by atoms with Crippen molar-refractivity contribution in [1.82, 2.24) is 10.2 Å². The minimum atomic E-state index is 0.481. The zero-order valence-corrected chi connectivity index (χ0v) is 11.9. The number of anilines is 1. The number of nitrogens with zero attached hydrogens (tertiary/aromatic N) is 2. The maximum absolute atomic E-state index is 5.88. The average Bonchev–Trinajstić information content (AvgIpc) is 3.15. The minimum Gasteiger partial charge on any atom is -0.461 e. The third-order valence-corrected chi connectivity index (χ3v) is 3.89. The molecule has 2 heterocycles. The van der Waals surface area contributed by atoms with Crippen LogP contribution in [0.15, 0.2) is 33.1 Å².